The summed E-state index contributed by atoms with van der Waals surface area (Å²) in [7, 11) is 1.62. The molecule has 1 aliphatic carbocycles. The molecule has 0 aliphatic heterocycles. The van der Waals surface area contributed by atoms with Crippen LogP contribution in [0.1, 0.15) is 33.6 Å². The SMILES string of the molecule is COc1ccc(OCC2(NC(=O)OC(C)(C)C)CC2)cc1Br. The highest BCUT2D eigenvalue weighted by atomic mass is 79.9. The third-order valence-electron chi connectivity index (χ3n) is 3.26. The summed E-state index contributed by atoms with van der Waals surface area (Å²) in [4.78, 5) is 11.9. The Morgan fingerprint density at radius 2 is 2.05 bits per heavy atom. The normalized spacial score (nSPS) is 15.9. The average molecular weight is 372 g/mol. The third kappa shape index (κ3) is 4.80. The minimum absolute atomic E-state index is 0.311. The minimum atomic E-state index is -0.498. The topological polar surface area (TPSA) is 56.8 Å². The zero-order chi connectivity index (χ0) is 16.4. The summed E-state index contributed by atoms with van der Waals surface area (Å²) in [6, 6.07) is 5.52. The molecule has 1 N–H and O–H groups in total. The summed E-state index contributed by atoms with van der Waals surface area (Å²) in [5.74, 6) is 1.48. The second-order valence-corrected chi connectivity index (χ2v) is 7.35. The van der Waals surface area contributed by atoms with E-state index in [4.69, 9.17) is 14.2 Å². The van der Waals surface area contributed by atoms with E-state index in [2.05, 4.69) is 21.2 Å². The van der Waals surface area contributed by atoms with Crippen LogP contribution in [0.3, 0.4) is 0 Å². The number of rotatable bonds is 5. The summed E-state index contributed by atoms with van der Waals surface area (Å²) in [6.45, 7) is 5.96. The minimum Gasteiger partial charge on any atom is -0.496 e. The fourth-order valence-electron chi connectivity index (χ4n) is 1.93. The predicted molar refractivity (Wildman–Crippen MR) is 87.5 cm³/mol. The van der Waals surface area contributed by atoms with Crippen LogP contribution in [0.5, 0.6) is 11.5 Å². The molecule has 0 unspecified atom stereocenters. The Morgan fingerprint density at radius 1 is 1.36 bits per heavy atom. The lowest BCUT2D eigenvalue weighted by Crippen LogP contribution is -2.44. The van der Waals surface area contributed by atoms with Gasteiger partial charge in [-0.1, -0.05) is 0 Å². The van der Waals surface area contributed by atoms with Crippen molar-refractivity contribution in [3.05, 3.63) is 22.7 Å². The zero-order valence-corrected chi connectivity index (χ0v) is 15.0. The van der Waals surface area contributed by atoms with Crippen LogP contribution in [0.15, 0.2) is 22.7 Å². The first-order chi connectivity index (χ1) is 10.2. The van der Waals surface area contributed by atoms with Crippen LogP contribution < -0.4 is 14.8 Å². The van der Waals surface area contributed by atoms with Crippen LogP contribution in [0.4, 0.5) is 4.79 Å². The molecule has 0 heterocycles. The van der Waals surface area contributed by atoms with Crippen LogP contribution in [0.2, 0.25) is 0 Å². The van der Waals surface area contributed by atoms with Crippen LogP contribution >= 0.6 is 15.9 Å². The van der Waals surface area contributed by atoms with Crippen LogP contribution in [0, 0.1) is 0 Å². The van der Waals surface area contributed by atoms with Crippen molar-refractivity contribution in [3.8, 4) is 11.5 Å². The van der Waals surface area contributed by atoms with Crippen LogP contribution in [0.25, 0.3) is 0 Å². The van der Waals surface area contributed by atoms with Gasteiger partial charge in [0.25, 0.3) is 0 Å². The largest absolute Gasteiger partial charge is 0.496 e. The van der Waals surface area contributed by atoms with E-state index in [0.29, 0.717) is 6.61 Å². The number of carbonyl (C=O) groups excluding carboxylic acids is 1. The highest BCUT2D eigenvalue weighted by molar-refractivity contribution is 9.10. The zero-order valence-electron chi connectivity index (χ0n) is 13.4. The van der Waals surface area contributed by atoms with Gasteiger partial charge in [-0.15, -0.1) is 0 Å². The van der Waals surface area contributed by atoms with Crippen molar-refractivity contribution >= 4 is 22.0 Å². The summed E-state index contributed by atoms with van der Waals surface area (Å²) >= 11 is 3.42. The van der Waals surface area contributed by atoms with Crippen molar-refractivity contribution in [2.75, 3.05) is 13.7 Å². The molecule has 0 saturated heterocycles. The molecule has 0 bridgehead atoms. The first kappa shape index (κ1) is 16.9. The number of hydrogen-bond donors (Lipinski definition) is 1. The lowest BCUT2D eigenvalue weighted by Gasteiger charge is -2.23. The fourth-order valence-corrected chi connectivity index (χ4v) is 2.45. The summed E-state index contributed by atoms with van der Waals surface area (Å²) in [5, 5.41) is 2.91. The number of benzene rings is 1. The third-order valence-corrected chi connectivity index (χ3v) is 3.88. The van der Waals surface area contributed by atoms with E-state index < -0.39 is 11.7 Å². The van der Waals surface area contributed by atoms with Gasteiger partial charge >= 0.3 is 6.09 Å². The molecule has 2 rings (SSSR count). The molecule has 22 heavy (non-hydrogen) atoms. The van der Waals surface area contributed by atoms with Crippen molar-refractivity contribution in [2.45, 2.75) is 44.8 Å². The van der Waals surface area contributed by atoms with Gasteiger partial charge in [-0.25, -0.2) is 4.79 Å². The van der Waals surface area contributed by atoms with Gasteiger partial charge in [-0.3, -0.25) is 0 Å². The summed E-state index contributed by atoms with van der Waals surface area (Å²) in [5.41, 5.74) is -0.809. The number of nitrogens with one attached hydrogen (secondary N) is 1. The average Bonchev–Trinajstić information content (AvgIpc) is 3.14. The summed E-state index contributed by atoms with van der Waals surface area (Å²) in [6.07, 6.45) is 1.39. The first-order valence-corrected chi connectivity index (χ1v) is 8.00. The van der Waals surface area contributed by atoms with Gasteiger partial charge in [0, 0.05) is 0 Å². The molecule has 1 amide bonds. The number of alkyl carbamates (subject to hydrolysis) is 1. The molecule has 1 aliphatic rings. The van der Waals surface area contributed by atoms with E-state index in [0.717, 1.165) is 28.8 Å². The molecule has 1 saturated carbocycles. The van der Waals surface area contributed by atoms with Gasteiger partial charge in [0.1, 0.15) is 23.7 Å². The van der Waals surface area contributed by atoms with Gasteiger partial charge in [0.15, 0.2) is 0 Å². The Balaban J connectivity index is 1.88. The van der Waals surface area contributed by atoms with E-state index >= 15 is 0 Å². The van der Waals surface area contributed by atoms with Crippen LogP contribution in [-0.4, -0.2) is 30.9 Å². The Bertz CT molecular complexity index is 550. The fraction of sp³-hybridized carbons (Fsp3) is 0.562. The van der Waals surface area contributed by atoms with E-state index in [-0.39, 0.29) is 5.54 Å². The van der Waals surface area contributed by atoms with Crippen molar-refractivity contribution in [2.24, 2.45) is 0 Å². The molecule has 0 spiro atoms. The molecule has 0 aromatic heterocycles. The quantitative estimate of drug-likeness (QED) is 0.852. The van der Waals surface area contributed by atoms with Gasteiger partial charge in [-0.05, 0) is 67.7 Å². The predicted octanol–water partition coefficient (Wildman–Crippen LogP) is 3.89. The van der Waals surface area contributed by atoms with Crippen LogP contribution in [-0.2, 0) is 4.74 Å². The lowest BCUT2D eigenvalue weighted by atomic mass is 10.2. The number of hydrogen-bond acceptors (Lipinski definition) is 4. The number of amides is 1. The van der Waals surface area contributed by atoms with Gasteiger partial charge in [0.2, 0.25) is 0 Å². The maximum absolute atomic E-state index is 11.9. The van der Waals surface area contributed by atoms with E-state index in [9.17, 15) is 4.79 Å². The first-order valence-electron chi connectivity index (χ1n) is 7.21. The molecule has 0 atom stereocenters. The number of carbonyl (C=O) groups is 1. The Hall–Kier alpha value is -1.43. The Kier molecular flexibility index (Phi) is 4.90. The molecular formula is C16H22BrNO4. The second-order valence-electron chi connectivity index (χ2n) is 6.49. The Labute approximate surface area is 139 Å². The van der Waals surface area contributed by atoms with Gasteiger partial charge < -0.3 is 19.5 Å². The highest BCUT2D eigenvalue weighted by Gasteiger charge is 2.46. The van der Waals surface area contributed by atoms with Crippen molar-refractivity contribution in [3.63, 3.8) is 0 Å². The van der Waals surface area contributed by atoms with Gasteiger partial charge in [0.05, 0.1) is 17.1 Å². The maximum Gasteiger partial charge on any atom is 0.408 e. The molecule has 5 nitrogen and oxygen atoms in total. The summed E-state index contributed by atoms with van der Waals surface area (Å²) < 4.78 is 17.1. The molecule has 1 aromatic rings. The molecule has 0 radical (unpaired) electrons. The van der Waals surface area contributed by atoms with Crippen molar-refractivity contribution < 1.29 is 19.0 Å². The number of halogens is 1. The molecule has 1 aromatic carbocycles. The van der Waals surface area contributed by atoms with E-state index in [1.54, 1.807) is 7.11 Å². The number of ether oxygens (including phenoxy) is 3. The van der Waals surface area contributed by atoms with Crippen molar-refractivity contribution in [1.29, 1.82) is 0 Å². The molecule has 6 heteroatoms. The van der Waals surface area contributed by atoms with E-state index in [1.807, 2.05) is 39.0 Å². The monoisotopic (exact) mass is 371 g/mol. The number of methoxy groups -OCH3 is 1. The lowest BCUT2D eigenvalue weighted by molar-refractivity contribution is 0.0477. The smallest absolute Gasteiger partial charge is 0.408 e. The second kappa shape index (κ2) is 6.36. The Morgan fingerprint density at radius 3 is 2.55 bits per heavy atom. The molecule has 1 fully saturated rings. The van der Waals surface area contributed by atoms with Crippen molar-refractivity contribution in [1.82, 2.24) is 5.32 Å². The highest BCUT2D eigenvalue weighted by Crippen LogP contribution is 2.37. The molecular weight excluding hydrogens is 350 g/mol. The van der Waals surface area contributed by atoms with E-state index in [1.165, 1.54) is 0 Å². The van der Waals surface area contributed by atoms with Gasteiger partial charge in [-0.2, -0.15) is 0 Å². The maximum atomic E-state index is 11.9. The standard InChI is InChI=1S/C16H22BrNO4/c1-15(2,3)22-14(19)18-16(7-8-16)10-21-11-5-6-13(20-4)12(17)9-11/h5-6,9H,7-8,10H2,1-4H3,(H,18,19). The molecule has 122 valence electrons.